The molecule has 0 amide bonds. The van der Waals surface area contributed by atoms with Crippen molar-refractivity contribution in [2.24, 2.45) is 0 Å². The molecule has 0 fully saturated rings. The summed E-state index contributed by atoms with van der Waals surface area (Å²) in [6, 6.07) is 6.89. The van der Waals surface area contributed by atoms with Crippen molar-refractivity contribution in [1.29, 1.82) is 0 Å². The predicted molar refractivity (Wildman–Crippen MR) is 74.5 cm³/mol. The molecule has 1 heterocycles. The molecule has 1 aromatic heterocycles. The predicted octanol–water partition coefficient (Wildman–Crippen LogP) is 1.42. The Morgan fingerprint density at radius 3 is 3.05 bits per heavy atom. The molecule has 2 N–H and O–H groups in total. The summed E-state index contributed by atoms with van der Waals surface area (Å²) >= 11 is 0. The first-order chi connectivity index (χ1) is 9.76. The molecule has 2 atom stereocenters. The molecule has 0 saturated carbocycles. The molecule has 6 nitrogen and oxygen atoms in total. The number of fused-ring (bicyclic) bond motifs is 1. The Balaban J connectivity index is 1.68. The molecular weight excluding hydrogens is 254 g/mol. The smallest absolute Gasteiger partial charge is 0.191 e. The summed E-state index contributed by atoms with van der Waals surface area (Å²) in [7, 11) is 1.71. The van der Waals surface area contributed by atoms with Gasteiger partial charge in [0.05, 0.1) is 13.2 Å². The summed E-state index contributed by atoms with van der Waals surface area (Å²) in [5.41, 5.74) is 2.80. The maximum atomic E-state index is 5.30. The number of hydrogen-bond acceptors (Lipinski definition) is 5. The maximum Gasteiger partial charge on any atom is 0.191 e. The summed E-state index contributed by atoms with van der Waals surface area (Å²) in [5.74, 6) is 1.64. The number of aromatic nitrogens is 4. The number of hydrogen-bond donors (Lipinski definition) is 2. The fourth-order valence-corrected chi connectivity index (χ4v) is 2.78. The van der Waals surface area contributed by atoms with Gasteiger partial charge in [0.25, 0.3) is 0 Å². The van der Waals surface area contributed by atoms with Crippen molar-refractivity contribution in [3.8, 4) is 5.75 Å². The van der Waals surface area contributed by atoms with Gasteiger partial charge in [-0.3, -0.25) is 0 Å². The number of ether oxygens (including phenoxy) is 1. The summed E-state index contributed by atoms with van der Waals surface area (Å²) in [6.07, 6.45) is 3.23. The Morgan fingerprint density at radius 1 is 1.40 bits per heavy atom. The van der Waals surface area contributed by atoms with Crippen LogP contribution < -0.4 is 10.1 Å². The van der Waals surface area contributed by atoms with E-state index in [-0.39, 0.29) is 6.04 Å². The SMILES string of the molecule is COc1ccc2c(c1)CC(NC(C)c1nn[nH]n1)CC2. The summed E-state index contributed by atoms with van der Waals surface area (Å²) in [6.45, 7) is 2.06. The van der Waals surface area contributed by atoms with Crippen LogP contribution in [0.25, 0.3) is 0 Å². The van der Waals surface area contributed by atoms with E-state index in [1.165, 1.54) is 11.1 Å². The Hall–Kier alpha value is -1.95. The van der Waals surface area contributed by atoms with Gasteiger partial charge in [0.1, 0.15) is 5.75 Å². The number of nitrogens with zero attached hydrogens (tertiary/aromatic N) is 3. The number of tetrazole rings is 1. The minimum Gasteiger partial charge on any atom is -0.497 e. The Kier molecular flexibility index (Phi) is 3.64. The van der Waals surface area contributed by atoms with Crippen LogP contribution in [0.15, 0.2) is 18.2 Å². The third kappa shape index (κ3) is 2.65. The second-order valence-corrected chi connectivity index (χ2v) is 5.23. The summed E-state index contributed by atoms with van der Waals surface area (Å²) in [5, 5.41) is 17.7. The fraction of sp³-hybridized carbons (Fsp3) is 0.500. The molecule has 20 heavy (non-hydrogen) atoms. The monoisotopic (exact) mass is 273 g/mol. The molecule has 0 radical (unpaired) electrons. The minimum absolute atomic E-state index is 0.103. The first-order valence-corrected chi connectivity index (χ1v) is 6.91. The molecular formula is C14H19N5O. The number of aromatic amines is 1. The van der Waals surface area contributed by atoms with Gasteiger partial charge in [-0.25, -0.2) is 0 Å². The zero-order valence-corrected chi connectivity index (χ0v) is 11.8. The van der Waals surface area contributed by atoms with Crippen molar-refractivity contribution in [3.63, 3.8) is 0 Å². The average Bonchev–Trinajstić information content (AvgIpc) is 3.00. The second-order valence-electron chi connectivity index (χ2n) is 5.23. The van der Waals surface area contributed by atoms with E-state index in [0.717, 1.165) is 25.0 Å². The van der Waals surface area contributed by atoms with Gasteiger partial charge in [-0.05, 0) is 49.4 Å². The van der Waals surface area contributed by atoms with Gasteiger partial charge in [-0.1, -0.05) is 11.3 Å². The van der Waals surface area contributed by atoms with Crippen LogP contribution in [0.4, 0.5) is 0 Å². The van der Waals surface area contributed by atoms with E-state index in [2.05, 4.69) is 45.0 Å². The van der Waals surface area contributed by atoms with Crippen LogP contribution in [-0.2, 0) is 12.8 Å². The van der Waals surface area contributed by atoms with Gasteiger partial charge in [0.2, 0.25) is 0 Å². The van der Waals surface area contributed by atoms with Crippen LogP contribution in [0.1, 0.15) is 36.3 Å². The largest absolute Gasteiger partial charge is 0.497 e. The lowest BCUT2D eigenvalue weighted by atomic mass is 9.88. The Labute approximate surface area is 117 Å². The molecule has 0 saturated heterocycles. The third-order valence-electron chi connectivity index (χ3n) is 3.88. The number of H-pyrrole nitrogens is 1. The molecule has 1 aliphatic rings. The van der Waals surface area contributed by atoms with Crippen molar-refractivity contribution in [2.45, 2.75) is 38.3 Å². The van der Waals surface area contributed by atoms with Crippen molar-refractivity contribution in [1.82, 2.24) is 25.9 Å². The quantitative estimate of drug-likeness (QED) is 0.881. The van der Waals surface area contributed by atoms with Gasteiger partial charge in [-0.15, -0.1) is 10.2 Å². The zero-order chi connectivity index (χ0) is 13.9. The Bertz CT molecular complexity index is 569. The highest BCUT2D eigenvalue weighted by molar-refractivity contribution is 5.37. The van der Waals surface area contributed by atoms with Crippen LogP contribution >= 0.6 is 0 Å². The number of nitrogens with one attached hydrogen (secondary N) is 2. The second kappa shape index (κ2) is 5.58. The lowest BCUT2D eigenvalue weighted by Crippen LogP contribution is -2.36. The number of aryl methyl sites for hydroxylation is 1. The highest BCUT2D eigenvalue weighted by Crippen LogP contribution is 2.26. The molecule has 6 heteroatoms. The molecule has 1 aromatic carbocycles. The van der Waals surface area contributed by atoms with Crippen LogP contribution in [0.3, 0.4) is 0 Å². The van der Waals surface area contributed by atoms with Crippen LogP contribution in [0.5, 0.6) is 5.75 Å². The van der Waals surface area contributed by atoms with Gasteiger partial charge >= 0.3 is 0 Å². The van der Waals surface area contributed by atoms with Crippen molar-refractivity contribution in [2.75, 3.05) is 7.11 Å². The molecule has 1 aliphatic carbocycles. The highest BCUT2D eigenvalue weighted by Gasteiger charge is 2.22. The molecule has 106 valence electrons. The molecule has 0 bridgehead atoms. The summed E-state index contributed by atoms with van der Waals surface area (Å²) in [4.78, 5) is 0. The molecule has 0 spiro atoms. The van der Waals surface area contributed by atoms with E-state index >= 15 is 0 Å². The van der Waals surface area contributed by atoms with E-state index in [9.17, 15) is 0 Å². The maximum absolute atomic E-state index is 5.30. The normalized spacial score (nSPS) is 19.4. The van der Waals surface area contributed by atoms with Gasteiger partial charge in [0.15, 0.2) is 5.82 Å². The first kappa shape index (κ1) is 13.1. The van der Waals surface area contributed by atoms with Crippen LogP contribution in [-0.4, -0.2) is 33.8 Å². The van der Waals surface area contributed by atoms with E-state index in [4.69, 9.17) is 4.74 Å². The van der Waals surface area contributed by atoms with E-state index in [1.54, 1.807) is 7.11 Å². The highest BCUT2D eigenvalue weighted by atomic mass is 16.5. The number of methoxy groups -OCH3 is 1. The first-order valence-electron chi connectivity index (χ1n) is 6.91. The van der Waals surface area contributed by atoms with E-state index in [1.807, 2.05) is 6.07 Å². The molecule has 3 rings (SSSR count). The third-order valence-corrected chi connectivity index (χ3v) is 3.88. The van der Waals surface area contributed by atoms with Gasteiger partial charge in [-0.2, -0.15) is 5.21 Å². The number of benzene rings is 1. The average molecular weight is 273 g/mol. The van der Waals surface area contributed by atoms with Crippen molar-refractivity contribution >= 4 is 0 Å². The van der Waals surface area contributed by atoms with Gasteiger partial charge < -0.3 is 10.1 Å². The molecule has 2 aromatic rings. The Morgan fingerprint density at radius 2 is 2.30 bits per heavy atom. The van der Waals surface area contributed by atoms with E-state index in [0.29, 0.717) is 11.9 Å². The molecule has 0 aliphatic heterocycles. The lowest BCUT2D eigenvalue weighted by molar-refractivity contribution is 0.397. The topological polar surface area (TPSA) is 75.7 Å². The van der Waals surface area contributed by atoms with Crippen LogP contribution in [0, 0.1) is 0 Å². The minimum atomic E-state index is 0.103. The molecule has 2 unspecified atom stereocenters. The number of rotatable bonds is 4. The summed E-state index contributed by atoms with van der Waals surface area (Å²) < 4.78 is 5.30. The van der Waals surface area contributed by atoms with Crippen LogP contribution in [0.2, 0.25) is 0 Å². The van der Waals surface area contributed by atoms with Crippen molar-refractivity contribution < 1.29 is 4.74 Å². The standard InChI is InChI=1S/C14H19N5O/c1-9(14-16-18-19-17-14)15-12-5-3-10-4-6-13(20-2)8-11(10)7-12/h4,6,8-9,12,15H,3,5,7H2,1-2H3,(H,16,17,18,19). The zero-order valence-electron chi connectivity index (χ0n) is 11.8. The lowest BCUT2D eigenvalue weighted by Gasteiger charge is -2.27. The fourth-order valence-electron chi connectivity index (χ4n) is 2.78. The van der Waals surface area contributed by atoms with Crippen molar-refractivity contribution in [3.05, 3.63) is 35.2 Å². The van der Waals surface area contributed by atoms with Gasteiger partial charge in [0, 0.05) is 6.04 Å². The van der Waals surface area contributed by atoms with E-state index < -0.39 is 0 Å².